The third-order valence-corrected chi connectivity index (χ3v) is 7.41. The molecule has 3 heterocycles. The minimum absolute atomic E-state index is 0.0767. The lowest BCUT2D eigenvalue weighted by Gasteiger charge is -2.32. The number of morpholine rings is 1. The third kappa shape index (κ3) is 3.82. The molecule has 31 heavy (non-hydrogen) atoms. The summed E-state index contributed by atoms with van der Waals surface area (Å²) in [6.07, 6.45) is -0.609. The van der Waals surface area contributed by atoms with E-state index < -0.39 is 16.1 Å². The van der Waals surface area contributed by atoms with Gasteiger partial charge in [-0.3, -0.25) is 4.79 Å². The number of nitrogens with zero attached hydrogens (tertiary/aromatic N) is 4. The number of hydrogen-bond donors (Lipinski definition) is 0. The minimum atomic E-state index is -3.81. The van der Waals surface area contributed by atoms with Crippen molar-refractivity contribution in [3.8, 4) is 0 Å². The molecule has 1 fully saturated rings. The van der Waals surface area contributed by atoms with Crippen LogP contribution in [-0.4, -0.2) is 67.5 Å². The summed E-state index contributed by atoms with van der Waals surface area (Å²) in [6, 6.07) is 9.07. The van der Waals surface area contributed by atoms with Crippen LogP contribution in [0, 0.1) is 13.8 Å². The quantitative estimate of drug-likeness (QED) is 0.608. The Bertz CT molecular complexity index is 1230. The molecule has 3 aromatic rings. The van der Waals surface area contributed by atoms with E-state index in [-0.39, 0.29) is 36.3 Å². The second-order valence-electron chi connectivity index (χ2n) is 7.69. The maximum Gasteiger partial charge on any atom is 0.254 e. The van der Waals surface area contributed by atoms with Crippen LogP contribution in [0.2, 0.25) is 0 Å². The van der Waals surface area contributed by atoms with E-state index in [1.54, 1.807) is 34.0 Å². The number of pyridine rings is 1. The van der Waals surface area contributed by atoms with Gasteiger partial charge in [0.1, 0.15) is 16.7 Å². The number of para-hydroxylation sites is 1. The summed E-state index contributed by atoms with van der Waals surface area (Å²) >= 11 is 0. The van der Waals surface area contributed by atoms with Gasteiger partial charge in [-0.1, -0.05) is 23.4 Å². The molecule has 1 atom stereocenters. The van der Waals surface area contributed by atoms with E-state index in [9.17, 15) is 13.2 Å². The molecular formula is C21H24N4O5S. The molecule has 0 N–H and O–H groups in total. The molecule has 0 saturated carbocycles. The van der Waals surface area contributed by atoms with Crippen LogP contribution in [0.3, 0.4) is 0 Å². The average Bonchev–Trinajstić information content (AvgIpc) is 3.11. The van der Waals surface area contributed by atoms with Gasteiger partial charge >= 0.3 is 0 Å². The molecule has 2 aromatic heterocycles. The molecule has 4 rings (SSSR count). The lowest BCUT2D eigenvalue weighted by Crippen LogP contribution is -2.42. The average molecular weight is 445 g/mol. The smallest absolute Gasteiger partial charge is 0.254 e. The lowest BCUT2D eigenvalue weighted by molar-refractivity contribution is -0.00483. The van der Waals surface area contributed by atoms with Gasteiger partial charge in [-0.25, -0.2) is 13.4 Å². The molecule has 1 aliphatic heterocycles. The summed E-state index contributed by atoms with van der Waals surface area (Å²) in [5.74, 6) is 0.0964. The number of sulfonamides is 1. The largest absolute Gasteiger partial charge is 0.369 e. The van der Waals surface area contributed by atoms with Crippen LogP contribution < -0.4 is 0 Å². The Morgan fingerprint density at radius 1 is 1.23 bits per heavy atom. The summed E-state index contributed by atoms with van der Waals surface area (Å²) in [5, 5.41) is 4.51. The van der Waals surface area contributed by atoms with Gasteiger partial charge in [0.05, 0.1) is 23.4 Å². The number of benzene rings is 1. The van der Waals surface area contributed by atoms with Crippen LogP contribution in [0.15, 0.2) is 39.8 Å². The van der Waals surface area contributed by atoms with Crippen molar-refractivity contribution in [2.45, 2.75) is 24.8 Å². The van der Waals surface area contributed by atoms with Crippen molar-refractivity contribution in [2.75, 3.05) is 33.8 Å². The Morgan fingerprint density at radius 3 is 2.65 bits per heavy atom. The number of hydrogen-bond acceptors (Lipinski definition) is 7. The summed E-state index contributed by atoms with van der Waals surface area (Å²) in [5.41, 5.74) is 1.99. The maximum atomic E-state index is 13.2. The van der Waals surface area contributed by atoms with E-state index in [0.717, 1.165) is 5.39 Å². The van der Waals surface area contributed by atoms with Crippen LogP contribution in [-0.2, 0) is 14.8 Å². The zero-order chi connectivity index (χ0) is 22.3. The van der Waals surface area contributed by atoms with E-state index in [1.807, 2.05) is 24.3 Å². The van der Waals surface area contributed by atoms with Crippen molar-refractivity contribution in [2.24, 2.45) is 0 Å². The molecule has 1 amide bonds. The van der Waals surface area contributed by atoms with Crippen molar-refractivity contribution in [1.29, 1.82) is 0 Å². The van der Waals surface area contributed by atoms with Gasteiger partial charge in [0.2, 0.25) is 10.0 Å². The van der Waals surface area contributed by atoms with E-state index in [0.29, 0.717) is 22.5 Å². The third-order valence-electron chi connectivity index (χ3n) is 5.30. The Balaban J connectivity index is 1.73. The molecule has 1 aromatic carbocycles. The van der Waals surface area contributed by atoms with E-state index in [2.05, 4.69) is 10.1 Å². The van der Waals surface area contributed by atoms with Crippen LogP contribution in [0.25, 0.3) is 10.9 Å². The monoisotopic (exact) mass is 444 g/mol. The molecule has 0 bridgehead atoms. The Hall–Kier alpha value is -2.82. The molecule has 10 heteroatoms. The minimum Gasteiger partial charge on any atom is -0.369 e. The van der Waals surface area contributed by atoms with Crippen molar-refractivity contribution in [1.82, 2.24) is 19.3 Å². The highest BCUT2D eigenvalue weighted by molar-refractivity contribution is 7.89. The highest BCUT2D eigenvalue weighted by Crippen LogP contribution is 2.30. The molecule has 1 aliphatic rings. The normalized spacial score (nSPS) is 17.7. The molecule has 0 unspecified atom stereocenters. The molecule has 164 valence electrons. The zero-order valence-corrected chi connectivity index (χ0v) is 18.6. The van der Waals surface area contributed by atoms with Crippen molar-refractivity contribution < 1.29 is 22.5 Å². The molecular weight excluding hydrogens is 420 g/mol. The first-order valence-corrected chi connectivity index (χ1v) is 11.3. The summed E-state index contributed by atoms with van der Waals surface area (Å²) in [4.78, 5) is 19.0. The highest BCUT2D eigenvalue weighted by Gasteiger charge is 2.36. The summed E-state index contributed by atoms with van der Waals surface area (Å²) in [6.45, 7) is 3.67. The van der Waals surface area contributed by atoms with Gasteiger partial charge in [-0.15, -0.1) is 0 Å². The van der Waals surface area contributed by atoms with Crippen LogP contribution in [0.5, 0.6) is 0 Å². The topological polar surface area (TPSA) is 106 Å². The predicted octanol–water partition coefficient (Wildman–Crippen LogP) is 2.30. The number of fused-ring (bicyclic) bond motifs is 1. The maximum absolute atomic E-state index is 13.2. The zero-order valence-electron chi connectivity index (χ0n) is 17.8. The van der Waals surface area contributed by atoms with Gasteiger partial charge in [-0.05, 0) is 26.0 Å². The highest BCUT2D eigenvalue weighted by atomic mass is 32.2. The van der Waals surface area contributed by atoms with Crippen LogP contribution in [0.4, 0.5) is 0 Å². The first kappa shape index (κ1) is 21.4. The number of ether oxygens (including phenoxy) is 1. The number of aromatic nitrogens is 2. The molecule has 1 saturated heterocycles. The van der Waals surface area contributed by atoms with Crippen molar-refractivity contribution >= 4 is 26.8 Å². The van der Waals surface area contributed by atoms with Gasteiger partial charge in [0.15, 0.2) is 5.76 Å². The fourth-order valence-corrected chi connectivity index (χ4v) is 5.49. The van der Waals surface area contributed by atoms with Gasteiger partial charge < -0.3 is 14.2 Å². The van der Waals surface area contributed by atoms with Crippen molar-refractivity contribution in [3.05, 3.63) is 53.0 Å². The first-order chi connectivity index (χ1) is 14.7. The number of rotatable bonds is 4. The number of aryl methyl sites for hydroxylation is 2. The fourth-order valence-electron chi connectivity index (χ4n) is 3.77. The Kier molecular flexibility index (Phi) is 5.54. The molecule has 0 aliphatic carbocycles. The van der Waals surface area contributed by atoms with Crippen molar-refractivity contribution in [3.63, 3.8) is 0 Å². The van der Waals surface area contributed by atoms with E-state index in [1.165, 1.54) is 9.21 Å². The number of carbonyl (C=O) groups is 1. The van der Waals surface area contributed by atoms with Gasteiger partial charge in [-0.2, -0.15) is 4.31 Å². The van der Waals surface area contributed by atoms with Crippen LogP contribution >= 0.6 is 0 Å². The Morgan fingerprint density at radius 2 is 1.97 bits per heavy atom. The van der Waals surface area contributed by atoms with Gasteiger partial charge in [0, 0.05) is 32.6 Å². The second-order valence-corrected chi connectivity index (χ2v) is 9.56. The van der Waals surface area contributed by atoms with E-state index >= 15 is 0 Å². The standard InChI is InChI=1S/C21H24N4O5S/c1-13-20(14(2)30-23-13)31(27,28)25-9-10-29-19(12-25)18-11-16(21(26)24(3)4)15-7-5-6-8-17(15)22-18/h5-8,11,19H,9-10,12H2,1-4H3/t19-/m1/s1. The first-order valence-electron chi connectivity index (χ1n) is 9.86. The van der Waals surface area contributed by atoms with E-state index in [4.69, 9.17) is 9.26 Å². The molecule has 9 nitrogen and oxygen atoms in total. The Labute approximate surface area is 180 Å². The predicted molar refractivity (Wildman–Crippen MR) is 113 cm³/mol. The van der Waals surface area contributed by atoms with Gasteiger partial charge in [0.25, 0.3) is 5.91 Å². The lowest BCUT2D eigenvalue weighted by atomic mass is 10.0. The molecule has 0 radical (unpaired) electrons. The fraction of sp³-hybridized carbons (Fsp3) is 0.381. The molecule has 0 spiro atoms. The number of carbonyl (C=O) groups excluding carboxylic acids is 1. The number of amides is 1. The van der Waals surface area contributed by atoms with Crippen LogP contribution in [0.1, 0.15) is 33.6 Å². The second kappa shape index (κ2) is 8.03. The summed E-state index contributed by atoms with van der Waals surface area (Å²) < 4.78 is 38.8. The SMILES string of the molecule is Cc1noc(C)c1S(=O)(=O)N1CCO[C@@H](c2cc(C(=O)N(C)C)c3ccccc3n2)C1. The summed E-state index contributed by atoms with van der Waals surface area (Å²) in [7, 11) is -0.436.